The number of nitrogens with zero attached hydrogens (tertiary/aromatic N) is 3. The lowest BCUT2D eigenvalue weighted by molar-refractivity contribution is 0.670. The molecule has 0 fully saturated rings. The molecule has 0 aliphatic carbocycles. The Morgan fingerprint density at radius 1 is 0.345 bits per heavy atom. The van der Waals surface area contributed by atoms with Crippen LogP contribution in [0.3, 0.4) is 0 Å². The Balaban J connectivity index is 0.914. The molecule has 0 N–H and O–H groups in total. The van der Waals surface area contributed by atoms with Crippen molar-refractivity contribution in [3.8, 4) is 33.8 Å². The molecule has 4 heteroatoms. The third-order valence-electron chi connectivity index (χ3n) is 10.5. The highest BCUT2D eigenvalue weighted by molar-refractivity contribution is 6.09. The molecule has 4 aromatic heterocycles. The molecule has 4 nitrogen and oxygen atoms in total. The van der Waals surface area contributed by atoms with E-state index in [0.29, 0.717) is 0 Å². The summed E-state index contributed by atoms with van der Waals surface area (Å²) < 4.78 is 6.29. The fraction of sp³-hybridized carbons (Fsp3) is 0.118. The Hall–Kier alpha value is -6.65. The van der Waals surface area contributed by atoms with Crippen LogP contribution in [0.2, 0.25) is 0 Å². The molecule has 266 valence electrons. The second kappa shape index (κ2) is 15.8. The number of pyridine rings is 3. The molecule has 0 spiro atoms. The number of para-hydroxylation sites is 2. The Bertz CT molecular complexity index is 2560. The van der Waals surface area contributed by atoms with Gasteiger partial charge >= 0.3 is 0 Å². The summed E-state index contributed by atoms with van der Waals surface area (Å²) >= 11 is 0. The summed E-state index contributed by atoms with van der Waals surface area (Å²) in [5, 5.41) is 2.25. The fourth-order valence-corrected chi connectivity index (χ4v) is 7.52. The molecule has 9 rings (SSSR count). The summed E-state index contributed by atoms with van der Waals surface area (Å²) in [5.41, 5.74) is 15.9. The molecular formula is C51H41N3O. The van der Waals surface area contributed by atoms with Crippen LogP contribution >= 0.6 is 0 Å². The second-order valence-corrected chi connectivity index (χ2v) is 14.3. The van der Waals surface area contributed by atoms with Crippen molar-refractivity contribution in [3.63, 3.8) is 0 Å². The normalized spacial score (nSPS) is 11.3. The summed E-state index contributed by atoms with van der Waals surface area (Å²) in [4.78, 5) is 14.5. The first-order chi connectivity index (χ1) is 27.2. The minimum absolute atomic E-state index is 0.888. The van der Waals surface area contributed by atoms with Gasteiger partial charge in [0.15, 0.2) is 0 Å². The molecule has 0 aliphatic rings. The van der Waals surface area contributed by atoms with E-state index in [2.05, 4.69) is 133 Å². The molecule has 9 aromatic rings. The maximum atomic E-state index is 6.29. The van der Waals surface area contributed by atoms with Crippen LogP contribution in [0.1, 0.15) is 33.4 Å². The lowest BCUT2D eigenvalue weighted by Gasteiger charge is -2.12. The zero-order chi connectivity index (χ0) is 36.8. The highest BCUT2D eigenvalue weighted by Crippen LogP contribution is 2.35. The topological polar surface area (TPSA) is 51.8 Å². The van der Waals surface area contributed by atoms with Crippen molar-refractivity contribution >= 4 is 21.9 Å². The number of furan rings is 1. The number of aryl methyl sites for hydroxylation is 6. The maximum absolute atomic E-state index is 6.29. The average Bonchev–Trinajstić information content (AvgIpc) is 3.65. The highest BCUT2D eigenvalue weighted by atomic mass is 16.3. The predicted molar refractivity (Wildman–Crippen MR) is 225 cm³/mol. The van der Waals surface area contributed by atoms with Gasteiger partial charge in [-0.2, -0.15) is 0 Å². The van der Waals surface area contributed by atoms with Crippen molar-refractivity contribution in [1.29, 1.82) is 0 Å². The second-order valence-electron chi connectivity index (χ2n) is 14.3. The summed E-state index contributed by atoms with van der Waals surface area (Å²) in [6.07, 6.45) is 11.8. The van der Waals surface area contributed by atoms with Gasteiger partial charge in [0.25, 0.3) is 0 Å². The number of benzene rings is 5. The first kappa shape index (κ1) is 34.1. The summed E-state index contributed by atoms with van der Waals surface area (Å²) in [6, 6.07) is 55.5. The van der Waals surface area contributed by atoms with Crippen LogP contribution in [-0.2, 0) is 38.5 Å². The van der Waals surface area contributed by atoms with Crippen molar-refractivity contribution in [3.05, 3.63) is 210 Å². The lowest BCUT2D eigenvalue weighted by atomic mass is 9.94. The standard InChI is InChI=1S/C51H41N3O/c1-3-10-42(11-4-1)47-27-24-36(33-52-47)18-21-39-30-40(22-19-37-25-28-48(53-34-37)43-12-5-2-6-13-43)32-41(31-39)23-20-38-26-29-49(54-35-38)46-16-9-15-45-44-14-7-8-17-50(44)55-51(45)46/h1-17,24-35H,18-23H2. The lowest BCUT2D eigenvalue weighted by Crippen LogP contribution is -2.00. The Morgan fingerprint density at radius 2 is 0.782 bits per heavy atom. The molecule has 0 aliphatic heterocycles. The van der Waals surface area contributed by atoms with Crippen LogP contribution in [0.4, 0.5) is 0 Å². The van der Waals surface area contributed by atoms with E-state index in [0.717, 1.165) is 94.2 Å². The molecule has 0 saturated heterocycles. The molecule has 0 unspecified atom stereocenters. The molecule has 0 radical (unpaired) electrons. The SMILES string of the molecule is c1ccc(-c2ccc(CCc3cc(CCc4ccc(-c5ccccc5)nc4)cc(CCc4ccc(-c5cccc6c5oc5ccccc56)nc4)c3)cn2)cc1. The van der Waals surface area contributed by atoms with Gasteiger partial charge < -0.3 is 4.42 Å². The molecule has 4 heterocycles. The van der Waals surface area contributed by atoms with Gasteiger partial charge in [-0.15, -0.1) is 0 Å². The van der Waals surface area contributed by atoms with Crippen LogP contribution < -0.4 is 0 Å². The van der Waals surface area contributed by atoms with Crippen LogP contribution in [0, 0.1) is 0 Å². The third-order valence-corrected chi connectivity index (χ3v) is 10.5. The van der Waals surface area contributed by atoms with Gasteiger partial charge in [0.05, 0.1) is 17.1 Å². The number of aromatic nitrogens is 3. The maximum Gasteiger partial charge on any atom is 0.144 e. The monoisotopic (exact) mass is 711 g/mol. The van der Waals surface area contributed by atoms with E-state index in [9.17, 15) is 0 Å². The molecule has 55 heavy (non-hydrogen) atoms. The van der Waals surface area contributed by atoms with Gasteiger partial charge in [0.1, 0.15) is 11.2 Å². The number of hydrogen-bond acceptors (Lipinski definition) is 4. The van der Waals surface area contributed by atoms with Crippen LogP contribution in [-0.4, -0.2) is 15.0 Å². The minimum Gasteiger partial charge on any atom is -0.455 e. The first-order valence-electron chi connectivity index (χ1n) is 19.2. The molecule has 0 amide bonds. The Kier molecular flexibility index (Phi) is 9.78. The van der Waals surface area contributed by atoms with Crippen molar-refractivity contribution in [1.82, 2.24) is 15.0 Å². The highest BCUT2D eigenvalue weighted by Gasteiger charge is 2.13. The van der Waals surface area contributed by atoms with Crippen molar-refractivity contribution in [2.45, 2.75) is 38.5 Å². The van der Waals surface area contributed by atoms with E-state index in [1.54, 1.807) is 0 Å². The minimum atomic E-state index is 0.888. The molecule has 0 bridgehead atoms. The quantitative estimate of drug-likeness (QED) is 0.127. The third kappa shape index (κ3) is 7.85. The van der Waals surface area contributed by atoms with Crippen LogP contribution in [0.15, 0.2) is 181 Å². The van der Waals surface area contributed by atoms with Crippen molar-refractivity contribution in [2.75, 3.05) is 0 Å². The molecular weight excluding hydrogens is 671 g/mol. The molecule has 0 saturated carbocycles. The van der Waals surface area contributed by atoms with Crippen molar-refractivity contribution < 1.29 is 4.42 Å². The Morgan fingerprint density at radius 3 is 1.27 bits per heavy atom. The van der Waals surface area contributed by atoms with Crippen molar-refractivity contribution in [2.24, 2.45) is 0 Å². The fourth-order valence-electron chi connectivity index (χ4n) is 7.52. The van der Waals surface area contributed by atoms with Crippen LogP contribution in [0.25, 0.3) is 55.7 Å². The molecule has 0 atom stereocenters. The van der Waals surface area contributed by atoms with Gasteiger partial charge in [0, 0.05) is 46.1 Å². The summed E-state index contributed by atoms with van der Waals surface area (Å²) in [6.45, 7) is 0. The smallest absolute Gasteiger partial charge is 0.144 e. The predicted octanol–water partition coefficient (Wildman–Crippen LogP) is 12.1. The van der Waals surface area contributed by atoms with Gasteiger partial charge in [-0.1, -0.05) is 127 Å². The zero-order valence-corrected chi connectivity index (χ0v) is 30.7. The van der Waals surface area contributed by atoms with Gasteiger partial charge in [-0.05, 0) is 102 Å². The average molecular weight is 712 g/mol. The first-order valence-corrected chi connectivity index (χ1v) is 19.2. The van der Waals surface area contributed by atoms with Gasteiger partial charge in [0.2, 0.25) is 0 Å². The van der Waals surface area contributed by atoms with E-state index < -0.39 is 0 Å². The number of hydrogen-bond donors (Lipinski definition) is 0. The molecule has 5 aromatic carbocycles. The van der Waals surface area contributed by atoms with E-state index in [1.807, 2.05) is 42.9 Å². The van der Waals surface area contributed by atoms with Crippen LogP contribution in [0.5, 0.6) is 0 Å². The van der Waals surface area contributed by atoms with E-state index in [-0.39, 0.29) is 0 Å². The zero-order valence-electron chi connectivity index (χ0n) is 30.7. The van der Waals surface area contributed by atoms with E-state index in [4.69, 9.17) is 19.4 Å². The van der Waals surface area contributed by atoms with E-state index in [1.165, 1.54) is 33.4 Å². The largest absolute Gasteiger partial charge is 0.455 e. The van der Waals surface area contributed by atoms with Gasteiger partial charge in [-0.3, -0.25) is 15.0 Å². The number of rotatable bonds is 12. The van der Waals surface area contributed by atoms with Gasteiger partial charge in [-0.25, -0.2) is 0 Å². The number of fused-ring (bicyclic) bond motifs is 3. The summed E-state index contributed by atoms with van der Waals surface area (Å²) in [7, 11) is 0. The summed E-state index contributed by atoms with van der Waals surface area (Å²) in [5.74, 6) is 0. The van der Waals surface area contributed by atoms with E-state index >= 15 is 0 Å². The Labute approximate surface area is 322 Å².